The van der Waals surface area contributed by atoms with Crippen LogP contribution in [-0.2, 0) is 26.6 Å². The number of nitrogens with zero attached hydrogens (tertiary/aromatic N) is 7. The lowest BCUT2D eigenvalue weighted by Crippen LogP contribution is -2.38. The lowest BCUT2D eigenvalue weighted by atomic mass is 10.1. The van der Waals surface area contributed by atoms with Crippen LogP contribution >= 0.6 is 0 Å². The van der Waals surface area contributed by atoms with E-state index in [1.165, 1.54) is 5.56 Å². The Morgan fingerprint density at radius 3 is 2.77 bits per heavy atom. The van der Waals surface area contributed by atoms with Crippen LogP contribution in [-0.4, -0.2) is 55.5 Å². The highest BCUT2D eigenvalue weighted by Gasteiger charge is 2.15. The number of aliphatic imine (C=N–C) groups is 1. The highest BCUT2D eigenvalue weighted by atomic mass is 15.3. The molecule has 0 amide bonds. The van der Waals surface area contributed by atoms with Crippen molar-refractivity contribution in [2.75, 3.05) is 20.1 Å². The van der Waals surface area contributed by atoms with Crippen LogP contribution in [0.25, 0.3) is 0 Å². The van der Waals surface area contributed by atoms with Gasteiger partial charge in [0, 0.05) is 51.9 Å². The lowest BCUT2D eigenvalue weighted by molar-refractivity contribution is 0.472. The van der Waals surface area contributed by atoms with Crippen molar-refractivity contribution in [2.24, 2.45) is 12.0 Å². The maximum Gasteiger partial charge on any atom is 0.194 e. The number of aromatic nitrogens is 5. The highest BCUT2D eigenvalue weighted by molar-refractivity contribution is 5.79. The predicted molar refractivity (Wildman–Crippen MR) is 104 cm³/mol. The van der Waals surface area contributed by atoms with E-state index in [1.54, 1.807) is 6.33 Å². The Hall–Kier alpha value is -2.38. The van der Waals surface area contributed by atoms with Gasteiger partial charge in [-0.15, -0.1) is 10.2 Å². The van der Waals surface area contributed by atoms with Gasteiger partial charge in [-0.3, -0.25) is 9.67 Å². The molecule has 8 heteroatoms. The molecule has 8 nitrogen and oxygen atoms in total. The molecule has 0 fully saturated rings. The zero-order valence-corrected chi connectivity index (χ0v) is 16.9. The molecular weight excluding hydrogens is 328 g/mol. The first-order valence-corrected chi connectivity index (χ1v) is 9.34. The molecule has 0 bridgehead atoms. The second-order valence-electron chi connectivity index (χ2n) is 6.75. The third kappa shape index (κ3) is 5.06. The van der Waals surface area contributed by atoms with Gasteiger partial charge < -0.3 is 14.8 Å². The molecule has 0 aliphatic rings. The number of rotatable bonds is 8. The van der Waals surface area contributed by atoms with E-state index in [0.29, 0.717) is 12.5 Å². The summed E-state index contributed by atoms with van der Waals surface area (Å²) in [6, 6.07) is 0. The molecule has 0 saturated heterocycles. The summed E-state index contributed by atoms with van der Waals surface area (Å²) in [5, 5.41) is 16.1. The van der Waals surface area contributed by atoms with Crippen LogP contribution in [0.5, 0.6) is 0 Å². The average Bonchev–Trinajstić information content (AvgIpc) is 3.20. The van der Waals surface area contributed by atoms with E-state index >= 15 is 0 Å². The first-order valence-electron chi connectivity index (χ1n) is 9.34. The maximum absolute atomic E-state index is 4.77. The molecule has 0 unspecified atom stereocenters. The predicted octanol–water partition coefficient (Wildman–Crippen LogP) is 1.79. The third-order valence-electron chi connectivity index (χ3n) is 4.20. The molecule has 0 aliphatic carbocycles. The molecule has 0 atom stereocenters. The molecule has 0 spiro atoms. The fraction of sp³-hybridized carbons (Fsp3) is 0.667. The molecule has 2 aromatic rings. The molecular formula is C18H32N8. The van der Waals surface area contributed by atoms with Crippen molar-refractivity contribution in [3.63, 3.8) is 0 Å². The van der Waals surface area contributed by atoms with Crippen molar-refractivity contribution in [1.29, 1.82) is 0 Å². The summed E-state index contributed by atoms with van der Waals surface area (Å²) in [6.45, 7) is 11.6. The molecule has 0 saturated carbocycles. The van der Waals surface area contributed by atoms with E-state index in [2.05, 4.69) is 71.0 Å². The third-order valence-corrected chi connectivity index (χ3v) is 4.20. The van der Waals surface area contributed by atoms with Crippen molar-refractivity contribution in [3.8, 4) is 0 Å². The zero-order valence-electron chi connectivity index (χ0n) is 16.9. The summed E-state index contributed by atoms with van der Waals surface area (Å²) in [4.78, 5) is 6.92. The van der Waals surface area contributed by atoms with Gasteiger partial charge in [0.1, 0.15) is 12.2 Å². The first-order chi connectivity index (χ1) is 12.5. The van der Waals surface area contributed by atoms with Gasteiger partial charge in [-0.25, -0.2) is 0 Å². The van der Waals surface area contributed by atoms with Gasteiger partial charge in [0.25, 0.3) is 0 Å². The minimum absolute atomic E-state index is 0.403. The molecule has 0 aromatic carbocycles. The van der Waals surface area contributed by atoms with E-state index < -0.39 is 0 Å². The van der Waals surface area contributed by atoms with Gasteiger partial charge in [0.2, 0.25) is 0 Å². The number of hydrogen-bond acceptors (Lipinski definition) is 4. The Morgan fingerprint density at radius 1 is 1.35 bits per heavy atom. The van der Waals surface area contributed by atoms with Crippen LogP contribution in [0.1, 0.15) is 50.7 Å². The smallest absolute Gasteiger partial charge is 0.194 e. The van der Waals surface area contributed by atoms with Crippen LogP contribution < -0.4 is 5.32 Å². The fourth-order valence-corrected chi connectivity index (χ4v) is 2.97. The molecule has 2 heterocycles. The Bertz CT molecular complexity index is 713. The Balaban J connectivity index is 2.05. The molecule has 144 valence electrons. The molecule has 0 aliphatic heterocycles. The standard InChI is InChI=1S/C18H32N8/c1-7-16-22-21-13-26(16)10-9-20-18(19-8-2)24(5)11-15-12-25(6)23-17(15)14(3)4/h12-14H,7-11H2,1-6H3,(H,19,20). The molecule has 2 aromatic heterocycles. The summed E-state index contributed by atoms with van der Waals surface area (Å²) in [5.41, 5.74) is 2.38. The lowest BCUT2D eigenvalue weighted by Gasteiger charge is -2.22. The van der Waals surface area contributed by atoms with Gasteiger partial charge >= 0.3 is 0 Å². The molecule has 1 N–H and O–H groups in total. The minimum atomic E-state index is 0.403. The average molecular weight is 361 g/mol. The van der Waals surface area contributed by atoms with Crippen molar-refractivity contribution in [2.45, 2.75) is 53.1 Å². The van der Waals surface area contributed by atoms with E-state index in [4.69, 9.17) is 4.99 Å². The monoisotopic (exact) mass is 360 g/mol. The van der Waals surface area contributed by atoms with Crippen molar-refractivity contribution < 1.29 is 0 Å². The number of nitrogens with one attached hydrogen (secondary N) is 1. The fourth-order valence-electron chi connectivity index (χ4n) is 2.97. The summed E-state index contributed by atoms with van der Waals surface area (Å²) in [6.07, 6.45) is 4.75. The van der Waals surface area contributed by atoms with Gasteiger partial charge in [-0.1, -0.05) is 20.8 Å². The number of aryl methyl sites for hydroxylation is 2. The van der Waals surface area contributed by atoms with Gasteiger partial charge in [0.05, 0.1) is 12.2 Å². The normalized spacial score (nSPS) is 12.0. The second-order valence-corrected chi connectivity index (χ2v) is 6.75. The second kappa shape index (κ2) is 9.35. The Labute approximate surface area is 156 Å². The van der Waals surface area contributed by atoms with Crippen LogP contribution in [0.3, 0.4) is 0 Å². The topological polar surface area (TPSA) is 76.2 Å². The van der Waals surface area contributed by atoms with Gasteiger partial charge in [-0.05, 0) is 12.8 Å². The maximum atomic E-state index is 4.77. The van der Waals surface area contributed by atoms with Crippen LogP contribution in [0, 0.1) is 0 Å². The number of guanidine groups is 1. The molecule has 2 rings (SSSR count). The van der Waals surface area contributed by atoms with E-state index in [-0.39, 0.29) is 0 Å². The summed E-state index contributed by atoms with van der Waals surface area (Å²) in [5.74, 6) is 2.30. The summed E-state index contributed by atoms with van der Waals surface area (Å²) < 4.78 is 3.95. The quantitative estimate of drug-likeness (QED) is 0.574. The van der Waals surface area contributed by atoms with Crippen LogP contribution in [0.4, 0.5) is 0 Å². The van der Waals surface area contributed by atoms with E-state index in [0.717, 1.165) is 43.5 Å². The minimum Gasteiger partial charge on any atom is -0.357 e. The van der Waals surface area contributed by atoms with Gasteiger partial charge in [0.15, 0.2) is 5.96 Å². The van der Waals surface area contributed by atoms with Gasteiger partial charge in [-0.2, -0.15) is 5.10 Å². The number of hydrogen-bond donors (Lipinski definition) is 1. The Morgan fingerprint density at radius 2 is 2.12 bits per heavy atom. The summed E-state index contributed by atoms with van der Waals surface area (Å²) >= 11 is 0. The Kier molecular flexibility index (Phi) is 7.17. The van der Waals surface area contributed by atoms with E-state index in [1.807, 2.05) is 11.7 Å². The van der Waals surface area contributed by atoms with Crippen LogP contribution in [0.15, 0.2) is 17.5 Å². The molecule has 0 radical (unpaired) electrons. The van der Waals surface area contributed by atoms with Crippen molar-refractivity contribution in [1.82, 2.24) is 34.8 Å². The molecule has 26 heavy (non-hydrogen) atoms. The van der Waals surface area contributed by atoms with E-state index in [9.17, 15) is 0 Å². The highest BCUT2D eigenvalue weighted by Crippen LogP contribution is 2.18. The van der Waals surface area contributed by atoms with Crippen LogP contribution in [0.2, 0.25) is 0 Å². The van der Waals surface area contributed by atoms with Crippen molar-refractivity contribution >= 4 is 5.96 Å². The largest absolute Gasteiger partial charge is 0.357 e. The summed E-state index contributed by atoms with van der Waals surface area (Å²) in [7, 11) is 4.04. The SMILES string of the molecule is CCNC(=NCCn1cnnc1CC)N(C)Cc1cn(C)nc1C(C)C. The van der Waals surface area contributed by atoms with Crippen molar-refractivity contribution in [3.05, 3.63) is 29.6 Å². The first kappa shape index (κ1) is 19.9. The zero-order chi connectivity index (χ0) is 19.1.